The van der Waals surface area contributed by atoms with Crippen molar-refractivity contribution in [3.8, 4) is 5.75 Å². The molecule has 3 heterocycles. The Morgan fingerprint density at radius 3 is 2.43 bits per heavy atom. The summed E-state index contributed by atoms with van der Waals surface area (Å²) in [4.78, 5) is 37.5. The molecular formula is C32H52N8O4. The normalized spacial score (nSPS) is 15.7. The average Bonchev–Trinajstić information content (AvgIpc) is 3.75. The fraction of sp³-hybridized carbons (Fsp3) is 0.562. The highest BCUT2D eigenvalue weighted by atomic mass is 16.6. The SMILES string of the molecule is C.CN.CN1CCc2c(N3CCN(C(=O)OC(C)(C)C)CC3)ccnc21.CN=Cc1cc(NC=O)c(OCC2CC2)cc1N. The maximum absolute atomic E-state index is 12.2. The quantitative estimate of drug-likeness (QED) is 0.239. The monoisotopic (exact) mass is 612 g/mol. The van der Waals surface area contributed by atoms with Crippen LogP contribution in [0, 0.1) is 5.92 Å². The summed E-state index contributed by atoms with van der Waals surface area (Å²) in [6.45, 7) is 10.5. The maximum atomic E-state index is 12.2. The Morgan fingerprint density at radius 2 is 1.84 bits per heavy atom. The average molecular weight is 613 g/mol. The van der Waals surface area contributed by atoms with Gasteiger partial charge in [0.2, 0.25) is 6.41 Å². The van der Waals surface area contributed by atoms with Gasteiger partial charge in [-0.3, -0.25) is 9.79 Å². The van der Waals surface area contributed by atoms with Crippen LogP contribution in [0.2, 0.25) is 0 Å². The van der Waals surface area contributed by atoms with Gasteiger partial charge in [0.15, 0.2) is 0 Å². The number of aliphatic imine (C=N–C) groups is 1. The highest BCUT2D eigenvalue weighted by Crippen LogP contribution is 2.34. The van der Waals surface area contributed by atoms with Gasteiger partial charge in [-0.05, 0) is 65.1 Å². The van der Waals surface area contributed by atoms with Crippen molar-refractivity contribution in [2.45, 2.75) is 53.1 Å². The Morgan fingerprint density at radius 1 is 1.16 bits per heavy atom. The van der Waals surface area contributed by atoms with E-state index in [4.69, 9.17) is 15.2 Å². The van der Waals surface area contributed by atoms with Crippen LogP contribution in [-0.2, 0) is 16.0 Å². The molecule has 0 spiro atoms. The molecule has 1 aromatic heterocycles. The third-order valence-corrected chi connectivity index (χ3v) is 7.18. The largest absolute Gasteiger partial charge is 0.491 e. The molecule has 5 rings (SSSR count). The summed E-state index contributed by atoms with van der Waals surface area (Å²) in [6.07, 6.45) is 7.42. The number of benzene rings is 1. The standard InChI is InChI=1S/C17H26N4O2.C13H17N3O2.CH5N.CH4/c1-17(2,3)23-16(22)21-11-9-20(10-12-21)14-5-7-18-15-13(14)6-8-19(15)4;1-15-6-10-4-12(16-8-17)13(5-11(10)14)18-7-9-2-3-9;1-2;/h5,7H,6,8-12H2,1-4H3;4-6,8-9H,2-3,7,14H2,1H3,(H,16,17);2H2,1H3;1H4. The van der Waals surface area contributed by atoms with Gasteiger partial charge in [-0.25, -0.2) is 9.78 Å². The van der Waals surface area contributed by atoms with Gasteiger partial charge >= 0.3 is 6.09 Å². The van der Waals surface area contributed by atoms with E-state index in [-0.39, 0.29) is 13.5 Å². The van der Waals surface area contributed by atoms with Crippen LogP contribution >= 0.6 is 0 Å². The smallest absolute Gasteiger partial charge is 0.410 e. The number of fused-ring (bicyclic) bond motifs is 1. The van der Waals surface area contributed by atoms with Crippen LogP contribution in [0.1, 0.15) is 52.2 Å². The van der Waals surface area contributed by atoms with Crippen LogP contribution in [0.25, 0.3) is 0 Å². The number of nitrogens with zero attached hydrogens (tertiary/aromatic N) is 5. The zero-order valence-electron chi connectivity index (χ0n) is 26.4. The van der Waals surface area contributed by atoms with Gasteiger partial charge in [0.05, 0.1) is 12.3 Å². The van der Waals surface area contributed by atoms with Gasteiger partial charge in [0.25, 0.3) is 0 Å². The van der Waals surface area contributed by atoms with Crippen molar-refractivity contribution in [1.29, 1.82) is 0 Å². The summed E-state index contributed by atoms with van der Waals surface area (Å²) < 4.78 is 11.1. The Labute approximate surface area is 262 Å². The first-order valence-corrected chi connectivity index (χ1v) is 14.8. The number of aromatic nitrogens is 1. The lowest BCUT2D eigenvalue weighted by Crippen LogP contribution is -2.50. The minimum absolute atomic E-state index is 0. The van der Waals surface area contributed by atoms with Crippen molar-refractivity contribution in [2.24, 2.45) is 16.6 Å². The number of nitrogens with one attached hydrogen (secondary N) is 1. The van der Waals surface area contributed by atoms with Gasteiger partial charge in [-0.1, -0.05) is 7.43 Å². The van der Waals surface area contributed by atoms with Crippen LogP contribution in [0.3, 0.4) is 0 Å². The van der Waals surface area contributed by atoms with Gasteiger partial charge < -0.3 is 41.0 Å². The predicted octanol–water partition coefficient (Wildman–Crippen LogP) is 4.02. The summed E-state index contributed by atoms with van der Waals surface area (Å²) in [6, 6.07) is 5.59. The Bertz CT molecular complexity index is 1250. The summed E-state index contributed by atoms with van der Waals surface area (Å²) in [7, 11) is 5.26. The molecule has 12 nitrogen and oxygen atoms in total. The molecule has 3 aliphatic rings. The highest BCUT2D eigenvalue weighted by Gasteiger charge is 2.29. The number of nitrogens with two attached hydrogens (primary N) is 2. The first-order valence-electron chi connectivity index (χ1n) is 14.8. The van der Waals surface area contributed by atoms with Gasteiger partial charge in [-0.2, -0.15) is 0 Å². The summed E-state index contributed by atoms with van der Waals surface area (Å²) in [5.41, 5.74) is 14.5. The van der Waals surface area contributed by atoms with Crippen LogP contribution in [0.15, 0.2) is 29.4 Å². The number of carbonyl (C=O) groups is 2. The number of piperazine rings is 1. The molecule has 5 N–H and O–H groups in total. The number of hydrogen-bond donors (Lipinski definition) is 3. The second-order valence-electron chi connectivity index (χ2n) is 11.6. The molecule has 2 aliphatic heterocycles. The molecule has 244 valence electrons. The van der Waals surface area contributed by atoms with E-state index < -0.39 is 5.60 Å². The molecule has 1 aliphatic carbocycles. The molecule has 0 atom stereocenters. The number of rotatable bonds is 7. The Balaban J connectivity index is 0.000000292. The van der Waals surface area contributed by atoms with E-state index in [0.717, 1.165) is 37.4 Å². The number of nitrogen functional groups attached to an aromatic ring is 1. The van der Waals surface area contributed by atoms with Crippen molar-refractivity contribution in [2.75, 3.05) is 81.3 Å². The fourth-order valence-corrected chi connectivity index (χ4v) is 4.83. The van der Waals surface area contributed by atoms with Gasteiger partial charge in [0.1, 0.15) is 17.2 Å². The van der Waals surface area contributed by atoms with Crippen molar-refractivity contribution in [1.82, 2.24) is 9.88 Å². The molecule has 2 amide bonds. The molecule has 0 bridgehead atoms. The lowest BCUT2D eigenvalue weighted by Gasteiger charge is -2.37. The van der Waals surface area contributed by atoms with Crippen LogP contribution < -0.4 is 31.3 Å². The molecule has 0 unspecified atom stereocenters. The van der Waals surface area contributed by atoms with Gasteiger partial charge in [0, 0.05) is 87.8 Å². The molecule has 12 heteroatoms. The van der Waals surface area contributed by atoms with E-state index in [2.05, 4.69) is 43.9 Å². The summed E-state index contributed by atoms with van der Waals surface area (Å²) in [5.74, 6) is 2.35. The van der Waals surface area contributed by atoms with Crippen molar-refractivity contribution >= 4 is 41.6 Å². The minimum atomic E-state index is -0.440. The third-order valence-electron chi connectivity index (χ3n) is 7.18. The second kappa shape index (κ2) is 16.7. The number of carbonyl (C=O) groups excluding carboxylic acids is 2. The molecule has 0 radical (unpaired) electrons. The molecule has 2 aromatic rings. The minimum Gasteiger partial charge on any atom is -0.491 e. The van der Waals surface area contributed by atoms with E-state index in [1.807, 2.05) is 27.0 Å². The number of amides is 2. The first kappa shape index (κ1) is 36.1. The van der Waals surface area contributed by atoms with Crippen molar-refractivity contribution in [3.63, 3.8) is 0 Å². The fourth-order valence-electron chi connectivity index (χ4n) is 4.83. The van der Waals surface area contributed by atoms with Crippen molar-refractivity contribution < 1.29 is 19.1 Å². The molecule has 1 aromatic carbocycles. The number of pyridine rings is 1. The second-order valence-corrected chi connectivity index (χ2v) is 11.6. The van der Waals surface area contributed by atoms with E-state index in [9.17, 15) is 9.59 Å². The summed E-state index contributed by atoms with van der Waals surface area (Å²) >= 11 is 0. The van der Waals surface area contributed by atoms with Crippen LogP contribution in [0.5, 0.6) is 5.75 Å². The van der Waals surface area contributed by atoms with Crippen LogP contribution in [0.4, 0.5) is 27.7 Å². The van der Waals surface area contributed by atoms with Crippen molar-refractivity contribution in [3.05, 3.63) is 35.5 Å². The lowest BCUT2D eigenvalue weighted by molar-refractivity contribution is -0.105. The first-order chi connectivity index (χ1) is 20.6. The van der Waals surface area contributed by atoms with E-state index in [1.165, 1.54) is 31.1 Å². The number of ether oxygens (including phenoxy) is 2. The lowest BCUT2D eigenvalue weighted by atomic mass is 10.1. The number of anilines is 4. The topological polar surface area (TPSA) is 152 Å². The third kappa shape index (κ3) is 10.0. The molecular weight excluding hydrogens is 560 g/mol. The molecule has 1 saturated carbocycles. The Kier molecular flexibility index (Phi) is 13.7. The zero-order valence-corrected chi connectivity index (χ0v) is 26.4. The van der Waals surface area contributed by atoms with E-state index in [0.29, 0.717) is 49.1 Å². The predicted molar refractivity (Wildman–Crippen MR) is 180 cm³/mol. The molecule has 44 heavy (non-hydrogen) atoms. The number of likely N-dealkylation sites (N-methyl/N-ethyl adjacent to an activating group) is 1. The Hall–Kier alpha value is -4.06. The van der Waals surface area contributed by atoms with Crippen LogP contribution in [-0.4, -0.2) is 94.7 Å². The van der Waals surface area contributed by atoms with E-state index in [1.54, 1.807) is 30.3 Å². The maximum Gasteiger partial charge on any atom is 0.410 e. The molecule has 2 fully saturated rings. The zero-order chi connectivity index (χ0) is 31.6. The van der Waals surface area contributed by atoms with E-state index >= 15 is 0 Å². The molecule has 1 saturated heterocycles. The number of hydrogen-bond acceptors (Lipinski definition) is 10. The highest BCUT2D eigenvalue weighted by molar-refractivity contribution is 5.91. The van der Waals surface area contributed by atoms with Gasteiger partial charge in [-0.15, -0.1) is 0 Å². The summed E-state index contributed by atoms with van der Waals surface area (Å²) in [5, 5.41) is 2.62.